The minimum Gasteiger partial charge on any atom is -0.381 e. The average molecular weight is 298 g/mol. The van der Waals surface area contributed by atoms with Crippen LogP contribution >= 0.6 is 0 Å². The molecule has 6 nitrogen and oxygen atoms in total. The summed E-state index contributed by atoms with van der Waals surface area (Å²) in [7, 11) is -2.53. The summed E-state index contributed by atoms with van der Waals surface area (Å²) in [5, 5.41) is 3.90. The standard InChI is InChI=1S/C12H15FN4O2S/c1-3-17-8-11(12(14)15-17)20(18,19)16(2)10-6-4-5-9(13)7-10/h4-8H,3H2,1-2H3,(H2,14,15). The summed E-state index contributed by atoms with van der Waals surface area (Å²) in [6.45, 7) is 2.32. The lowest BCUT2D eigenvalue weighted by molar-refractivity contribution is 0.593. The summed E-state index contributed by atoms with van der Waals surface area (Å²) in [5.41, 5.74) is 5.85. The van der Waals surface area contributed by atoms with Gasteiger partial charge in [0.15, 0.2) is 5.82 Å². The van der Waals surface area contributed by atoms with Gasteiger partial charge in [0.05, 0.1) is 5.69 Å². The monoisotopic (exact) mass is 298 g/mol. The molecule has 2 N–H and O–H groups in total. The maximum absolute atomic E-state index is 13.2. The van der Waals surface area contributed by atoms with Crippen molar-refractivity contribution >= 4 is 21.5 Å². The van der Waals surface area contributed by atoms with E-state index in [0.717, 1.165) is 10.4 Å². The summed E-state index contributed by atoms with van der Waals surface area (Å²) in [4.78, 5) is -0.0916. The summed E-state index contributed by atoms with van der Waals surface area (Å²) in [5.74, 6) is -0.586. The van der Waals surface area contributed by atoms with Gasteiger partial charge in [0.2, 0.25) is 0 Å². The number of nitrogen functional groups attached to an aromatic ring is 1. The molecule has 0 radical (unpaired) electrons. The molecule has 108 valence electrons. The van der Waals surface area contributed by atoms with Crippen LogP contribution in [-0.4, -0.2) is 25.2 Å². The molecule has 0 spiro atoms. The fraction of sp³-hybridized carbons (Fsp3) is 0.250. The van der Waals surface area contributed by atoms with E-state index in [2.05, 4.69) is 5.10 Å². The van der Waals surface area contributed by atoms with E-state index >= 15 is 0 Å². The zero-order valence-electron chi connectivity index (χ0n) is 11.1. The van der Waals surface area contributed by atoms with E-state index in [0.29, 0.717) is 6.54 Å². The maximum atomic E-state index is 13.2. The number of rotatable bonds is 4. The number of halogens is 1. The zero-order valence-corrected chi connectivity index (χ0v) is 11.9. The lowest BCUT2D eigenvalue weighted by atomic mass is 10.3. The average Bonchev–Trinajstić information content (AvgIpc) is 2.80. The summed E-state index contributed by atoms with van der Waals surface area (Å²) in [6, 6.07) is 5.32. The third kappa shape index (κ3) is 2.46. The van der Waals surface area contributed by atoms with E-state index in [1.807, 2.05) is 6.92 Å². The van der Waals surface area contributed by atoms with Crippen molar-refractivity contribution in [2.75, 3.05) is 17.1 Å². The van der Waals surface area contributed by atoms with E-state index in [1.54, 1.807) is 0 Å². The van der Waals surface area contributed by atoms with Gasteiger partial charge in [-0.1, -0.05) is 6.07 Å². The zero-order chi connectivity index (χ0) is 14.9. The van der Waals surface area contributed by atoms with Gasteiger partial charge in [0, 0.05) is 19.8 Å². The van der Waals surface area contributed by atoms with E-state index in [9.17, 15) is 12.8 Å². The molecule has 1 aromatic heterocycles. The lowest BCUT2D eigenvalue weighted by Gasteiger charge is -2.18. The lowest BCUT2D eigenvalue weighted by Crippen LogP contribution is -2.27. The molecule has 2 rings (SSSR count). The van der Waals surface area contributed by atoms with Crippen LogP contribution in [0.2, 0.25) is 0 Å². The number of aromatic nitrogens is 2. The van der Waals surface area contributed by atoms with Crippen molar-refractivity contribution in [2.45, 2.75) is 18.4 Å². The molecule has 0 saturated heterocycles. The smallest absolute Gasteiger partial charge is 0.269 e. The molecular formula is C12H15FN4O2S. The Morgan fingerprint density at radius 2 is 2.15 bits per heavy atom. The largest absolute Gasteiger partial charge is 0.381 e. The molecule has 0 amide bonds. The van der Waals surface area contributed by atoms with E-state index in [-0.39, 0.29) is 16.4 Å². The van der Waals surface area contributed by atoms with Crippen molar-refractivity contribution in [2.24, 2.45) is 0 Å². The highest BCUT2D eigenvalue weighted by Crippen LogP contribution is 2.25. The van der Waals surface area contributed by atoms with Gasteiger partial charge in [-0.25, -0.2) is 12.8 Å². The fourth-order valence-corrected chi connectivity index (χ4v) is 2.98. The predicted octanol–water partition coefficient (Wildman–Crippen LogP) is 1.45. The SMILES string of the molecule is CCn1cc(S(=O)(=O)N(C)c2cccc(F)c2)c(N)n1. The predicted molar refractivity (Wildman–Crippen MR) is 74.3 cm³/mol. The van der Waals surface area contributed by atoms with Gasteiger partial charge in [-0.3, -0.25) is 8.99 Å². The second kappa shape index (κ2) is 5.12. The minimum atomic E-state index is -3.87. The highest BCUT2D eigenvalue weighted by Gasteiger charge is 2.26. The van der Waals surface area contributed by atoms with Crippen LogP contribution in [0, 0.1) is 5.82 Å². The number of benzene rings is 1. The molecule has 0 aliphatic carbocycles. The van der Waals surface area contributed by atoms with Crippen molar-refractivity contribution in [1.29, 1.82) is 0 Å². The first-order valence-corrected chi connectivity index (χ1v) is 7.37. The fourth-order valence-electron chi connectivity index (χ4n) is 1.74. The summed E-state index contributed by atoms with van der Waals surface area (Å²) < 4.78 is 40.5. The van der Waals surface area contributed by atoms with Crippen molar-refractivity contribution in [3.63, 3.8) is 0 Å². The first kappa shape index (κ1) is 14.3. The number of anilines is 2. The number of aryl methyl sites for hydroxylation is 1. The number of hydrogen-bond acceptors (Lipinski definition) is 4. The quantitative estimate of drug-likeness (QED) is 0.926. The molecule has 20 heavy (non-hydrogen) atoms. The molecule has 0 saturated carbocycles. The molecule has 0 bridgehead atoms. The molecule has 8 heteroatoms. The Morgan fingerprint density at radius 3 is 2.70 bits per heavy atom. The molecule has 1 heterocycles. The van der Waals surface area contributed by atoms with Crippen LogP contribution < -0.4 is 10.0 Å². The van der Waals surface area contributed by atoms with Gasteiger partial charge in [-0.2, -0.15) is 5.10 Å². The van der Waals surface area contributed by atoms with Crippen LogP contribution in [0.5, 0.6) is 0 Å². The van der Waals surface area contributed by atoms with Crippen molar-refractivity contribution in [3.8, 4) is 0 Å². The van der Waals surface area contributed by atoms with Crippen LogP contribution in [-0.2, 0) is 16.6 Å². The molecule has 0 aliphatic heterocycles. The molecule has 0 fully saturated rings. The second-order valence-corrected chi connectivity index (χ2v) is 6.12. The third-order valence-electron chi connectivity index (χ3n) is 2.89. The summed E-state index contributed by atoms with van der Waals surface area (Å²) in [6.07, 6.45) is 1.36. The van der Waals surface area contributed by atoms with Crippen LogP contribution in [0.15, 0.2) is 35.4 Å². The topological polar surface area (TPSA) is 81.2 Å². The molecule has 0 aliphatic rings. The van der Waals surface area contributed by atoms with Gasteiger partial charge in [-0.15, -0.1) is 0 Å². The number of sulfonamides is 1. The van der Waals surface area contributed by atoms with Crippen molar-refractivity contribution in [1.82, 2.24) is 9.78 Å². The van der Waals surface area contributed by atoms with Gasteiger partial charge >= 0.3 is 0 Å². The molecule has 1 aromatic carbocycles. The van der Waals surface area contributed by atoms with Gasteiger partial charge in [0.1, 0.15) is 10.7 Å². The highest BCUT2D eigenvalue weighted by atomic mass is 32.2. The van der Waals surface area contributed by atoms with Crippen molar-refractivity contribution < 1.29 is 12.8 Å². The van der Waals surface area contributed by atoms with Crippen molar-refractivity contribution in [3.05, 3.63) is 36.3 Å². The number of hydrogen-bond donors (Lipinski definition) is 1. The number of nitrogens with two attached hydrogens (primary N) is 1. The van der Waals surface area contributed by atoms with Crippen LogP contribution in [0.1, 0.15) is 6.92 Å². The van der Waals surface area contributed by atoms with Gasteiger partial charge in [-0.05, 0) is 25.1 Å². The number of nitrogens with zero attached hydrogens (tertiary/aromatic N) is 3. The van der Waals surface area contributed by atoms with E-state index in [4.69, 9.17) is 5.73 Å². The third-order valence-corrected chi connectivity index (χ3v) is 4.69. The molecule has 2 aromatic rings. The van der Waals surface area contributed by atoms with E-state index < -0.39 is 15.8 Å². The molecular weight excluding hydrogens is 283 g/mol. The first-order valence-electron chi connectivity index (χ1n) is 5.93. The Morgan fingerprint density at radius 1 is 1.45 bits per heavy atom. The molecule has 0 unspecified atom stereocenters. The Hall–Kier alpha value is -2.09. The van der Waals surface area contributed by atoms with Crippen LogP contribution in [0.4, 0.5) is 15.9 Å². The van der Waals surface area contributed by atoms with E-state index in [1.165, 1.54) is 36.1 Å². The minimum absolute atomic E-state index is 0.0740. The first-order chi connectivity index (χ1) is 9.36. The molecule has 0 atom stereocenters. The Kier molecular flexibility index (Phi) is 3.67. The second-order valence-electron chi connectivity index (χ2n) is 4.19. The highest BCUT2D eigenvalue weighted by molar-refractivity contribution is 7.93. The van der Waals surface area contributed by atoms with Gasteiger partial charge < -0.3 is 5.73 Å². The Balaban J connectivity index is 2.46. The normalized spacial score (nSPS) is 11.6. The maximum Gasteiger partial charge on any atom is 0.269 e. The van der Waals surface area contributed by atoms with Gasteiger partial charge in [0.25, 0.3) is 10.0 Å². The Bertz CT molecular complexity index is 727. The van der Waals surface area contributed by atoms with Crippen LogP contribution in [0.3, 0.4) is 0 Å². The Labute approximate surface area is 116 Å². The van der Waals surface area contributed by atoms with Crippen LogP contribution in [0.25, 0.3) is 0 Å². The summed E-state index contributed by atoms with van der Waals surface area (Å²) >= 11 is 0.